The highest BCUT2D eigenvalue weighted by molar-refractivity contribution is 5.99. The fraction of sp³-hybridized carbons (Fsp3) is 0.381. The van der Waals surface area contributed by atoms with Crippen molar-refractivity contribution in [3.05, 3.63) is 36.7 Å². The second kappa shape index (κ2) is 6.96. The lowest BCUT2D eigenvalue weighted by Gasteiger charge is -2.29. The lowest BCUT2D eigenvalue weighted by atomic mass is 9.94. The number of nitrogens with two attached hydrogens (primary N) is 1. The average Bonchev–Trinajstić information content (AvgIpc) is 3.01. The lowest BCUT2D eigenvalue weighted by molar-refractivity contribution is -0.0581. The van der Waals surface area contributed by atoms with Crippen molar-refractivity contribution >= 4 is 16.6 Å². The fourth-order valence-corrected chi connectivity index (χ4v) is 3.86. The van der Waals surface area contributed by atoms with Crippen LogP contribution in [0.3, 0.4) is 0 Å². The number of halogens is 2. The summed E-state index contributed by atoms with van der Waals surface area (Å²) in [6.45, 7) is 0. The highest BCUT2D eigenvalue weighted by Crippen LogP contribution is 2.41. The zero-order chi connectivity index (χ0) is 19.9. The number of hydrogen-bond acceptors (Lipinski definition) is 4. The zero-order valence-electron chi connectivity index (χ0n) is 15.9. The van der Waals surface area contributed by atoms with Gasteiger partial charge in [-0.25, -0.2) is 13.8 Å². The van der Waals surface area contributed by atoms with Gasteiger partial charge >= 0.3 is 0 Å². The molecule has 1 fully saturated rings. The minimum absolute atomic E-state index is 0.140. The van der Waals surface area contributed by atoms with Gasteiger partial charge in [0.1, 0.15) is 11.3 Å². The van der Waals surface area contributed by atoms with Gasteiger partial charge in [-0.2, -0.15) is 0 Å². The second-order valence-electron chi connectivity index (χ2n) is 7.30. The molecule has 0 bridgehead atoms. The predicted molar refractivity (Wildman–Crippen MR) is 105 cm³/mol. The molecule has 2 aromatic heterocycles. The minimum atomic E-state index is -2.58. The Hall–Kier alpha value is -2.83. The van der Waals surface area contributed by atoms with E-state index < -0.39 is 5.92 Å². The van der Waals surface area contributed by atoms with E-state index in [0.29, 0.717) is 30.2 Å². The van der Waals surface area contributed by atoms with Crippen molar-refractivity contribution in [3.8, 4) is 22.8 Å². The molecule has 0 atom stereocenters. The number of aryl methyl sites for hydroxylation is 1. The molecule has 5 nitrogen and oxygen atoms in total. The quantitative estimate of drug-likeness (QED) is 0.654. The monoisotopic (exact) mass is 387 g/mol. The maximum absolute atomic E-state index is 13.5. The number of alkyl halides is 2. The van der Waals surface area contributed by atoms with Crippen molar-refractivity contribution in [2.75, 3.05) is 12.8 Å². The van der Waals surface area contributed by atoms with Crippen LogP contribution < -0.4 is 15.2 Å². The third-order valence-corrected chi connectivity index (χ3v) is 5.30. The van der Waals surface area contributed by atoms with Gasteiger partial charge in [0.05, 0.1) is 13.2 Å². The fourth-order valence-electron chi connectivity index (χ4n) is 3.86. The maximum atomic E-state index is 13.5. The van der Waals surface area contributed by atoms with Crippen LogP contribution in [0.25, 0.3) is 22.0 Å². The van der Waals surface area contributed by atoms with Gasteiger partial charge in [-0.3, -0.25) is 0 Å². The summed E-state index contributed by atoms with van der Waals surface area (Å²) in [6.07, 6.45) is 3.84. The second-order valence-corrected chi connectivity index (χ2v) is 7.30. The van der Waals surface area contributed by atoms with Gasteiger partial charge in [-0.05, 0) is 37.1 Å². The first-order valence-corrected chi connectivity index (χ1v) is 9.30. The van der Waals surface area contributed by atoms with Crippen LogP contribution in [0.2, 0.25) is 0 Å². The van der Waals surface area contributed by atoms with Crippen LogP contribution >= 0.6 is 0 Å². The molecule has 148 valence electrons. The van der Waals surface area contributed by atoms with Crippen molar-refractivity contribution < 1.29 is 18.3 Å². The van der Waals surface area contributed by atoms with E-state index in [1.807, 2.05) is 36.0 Å². The molecule has 0 aliphatic heterocycles. The van der Waals surface area contributed by atoms with Crippen LogP contribution in [0.5, 0.6) is 11.6 Å². The predicted octanol–water partition coefficient (Wildman–Crippen LogP) is 4.79. The van der Waals surface area contributed by atoms with Gasteiger partial charge in [0.25, 0.3) is 0 Å². The molecule has 1 aliphatic rings. The van der Waals surface area contributed by atoms with E-state index in [-0.39, 0.29) is 18.9 Å². The van der Waals surface area contributed by atoms with E-state index in [1.54, 1.807) is 19.4 Å². The highest BCUT2D eigenvalue weighted by Gasteiger charge is 2.36. The SMILES string of the molecule is COc1nccc2c(-c3cc(N)ccc3OC3CCC(F)(F)CC3)cn(C)c12. The van der Waals surface area contributed by atoms with Crippen LogP contribution in [0, 0.1) is 0 Å². The average molecular weight is 387 g/mol. The molecule has 2 N–H and O–H groups in total. The number of ether oxygens (including phenoxy) is 2. The number of aromatic nitrogens is 2. The number of hydrogen-bond donors (Lipinski definition) is 1. The first kappa shape index (κ1) is 18.5. The van der Waals surface area contributed by atoms with Gasteiger partial charge in [-0.1, -0.05) is 0 Å². The molecule has 3 aromatic rings. The Morgan fingerprint density at radius 3 is 2.64 bits per heavy atom. The van der Waals surface area contributed by atoms with E-state index in [0.717, 1.165) is 22.0 Å². The Labute approximate surface area is 162 Å². The Balaban J connectivity index is 1.75. The van der Waals surface area contributed by atoms with Crippen LogP contribution in [0.4, 0.5) is 14.5 Å². The molecule has 0 saturated heterocycles. The Kier molecular flexibility index (Phi) is 4.61. The lowest BCUT2D eigenvalue weighted by Crippen LogP contribution is -2.30. The molecule has 1 aliphatic carbocycles. The summed E-state index contributed by atoms with van der Waals surface area (Å²) >= 11 is 0. The van der Waals surface area contributed by atoms with Gasteiger partial charge in [0.2, 0.25) is 11.8 Å². The molecule has 2 heterocycles. The van der Waals surface area contributed by atoms with E-state index in [1.165, 1.54) is 0 Å². The van der Waals surface area contributed by atoms with Crippen LogP contribution in [-0.4, -0.2) is 28.7 Å². The summed E-state index contributed by atoms with van der Waals surface area (Å²) in [7, 11) is 3.51. The topological polar surface area (TPSA) is 62.3 Å². The minimum Gasteiger partial charge on any atom is -0.490 e. The summed E-state index contributed by atoms with van der Waals surface area (Å²) in [5, 5.41) is 0.958. The molecule has 0 radical (unpaired) electrons. The smallest absolute Gasteiger partial charge is 0.248 e. The van der Waals surface area contributed by atoms with Crippen molar-refractivity contribution in [2.24, 2.45) is 7.05 Å². The van der Waals surface area contributed by atoms with Gasteiger partial charge in [-0.15, -0.1) is 0 Å². The molecular formula is C21H23F2N3O2. The Morgan fingerprint density at radius 2 is 1.93 bits per heavy atom. The number of anilines is 1. The summed E-state index contributed by atoms with van der Waals surface area (Å²) in [5.74, 6) is -1.40. The summed E-state index contributed by atoms with van der Waals surface area (Å²) < 4.78 is 40.4. The van der Waals surface area contributed by atoms with Gasteiger partial charge in [0, 0.05) is 54.5 Å². The largest absolute Gasteiger partial charge is 0.490 e. The first-order valence-electron chi connectivity index (χ1n) is 9.30. The Bertz CT molecular complexity index is 1010. The van der Waals surface area contributed by atoms with Crippen molar-refractivity contribution in [1.82, 2.24) is 9.55 Å². The van der Waals surface area contributed by atoms with Crippen LogP contribution in [0.1, 0.15) is 25.7 Å². The van der Waals surface area contributed by atoms with Crippen LogP contribution in [-0.2, 0) is 7.05 Å². The molecule has 0 unspecified atom stereocenters. The number of rotatable bonds is 4. The maximum Gasteiger partial charge on any atom is 0.248 e. The molecule has 4 rings (SSSR count). The van der Waals surface area contributed by atoms with Crippen molar-refractivity contribution in [3.63, 3.8) is 0 Å². The summed E-state index contributed by atoms with van der Waals surface area (Å²) in [6, 6.07) is 7.36. The van der Waals surface area contributed by atoms with E-state index in [9.17, 15) is 8.78 Å². The summed E-state index contributed by atoms with van der Waals surface area (Å²) in [5.41, 5.74) is 9.28. The van der Waals surface area contributed by atoms with Gasteiger partial charge in [0.15, 0.2) is 0 Å². The van der Waals surface area contributed by atoms with Crippen molar-refractivity contribution in [1.29, 1.82) is 0 Å². The normalized spacial score (nSPS) is 17.0. The molecule has 7 heteroatoms. The van der Waals surface area contributed by atoms with Crippen molar-refractivity contribution in [2.45, 2.75) is 37.7 Å². The molecule has 0 spiro atoms. The van der Waals surface area contributed by atoms with Gasteiger partial charge < -0.3 is 19.8 Å². The number of benzene rings is 1. The standard InChI is InChI=1S/C21H23F2N3O2/c1-26-12-17(15-7-10-25-20(27-2)19(15)26)16-11-13(24)3-4-18(16)28-14-5-8-21(22,23)9-6-14/h3-4,7,10-12,14H,5-6,8-9,24H2,1-2H3. The number of nitrogen functional groups attached to an aromatic ring is 1. The molecule has 28 heavy (non-hydrogen) atoms. The number of fused-ring (bicyclic) bond motifs is 1. The molecule has 1 aromatic carbocycles. The number of nitrogens with zero attached hydrogens (tertiary/aromatic N) is 2. The Morgan fingerprint density at radius 1 is 1.18 bits per heavy atom. The molecule has 0 amide bonds. The van der Waals surface area contributed by atoms with E-state index in [4.69, 9.17) is 15.2 Å². The number of pyridine rings is 1. The third kappa shape index (κ3) is 3.37. The zero-order valence-corrected chi connectivity index (χ0v) is 15.9. The summed E-state index contributed by atoms with van der Waals surface area (Å²) in [4.78, 5) is 4.27. The van der Waals surface area contributed by atoms with Crippen LogP contribution in [0.15, 0.2) is 36.7 Å². The molecular weight excluding hydrogens is 364 g/mol. The molecule has 1 saturated carbocycles. The first-order chi connectivity index (χ1) is 13.4. The van der Waals surface area contributed by atoms with E-state index >= 15 is 0 Å². The third-order valence-electron chi connectivity index (χ3n) is 5.30. The number of methoxy groups -OCH3 is 1. The van der Waals surface area contributed by atoms with E-state index in [2.05, 4.69) is 4.98 Å². The highest BCUT2D eigenvalue weighted by atomic mass is 19.3.